The molecule has 0 atom stereocenters. The van der Waals surface area contributed by atoms with Crippen LogP contribution in [0.25, 0.3) is 0 Å². The summed E-state index contributed by atoms with van der Waals surface area (Å²) < 4.78 is -1.40. The van der Waals surface area contributed by atoms with Crippen molar-refractivity contribution in [2.75, 3.05) is 24.6 Å². The first-order valence-corrected chi connectivity index (χ1v) is 16.5. The zero-order chi connectivity index (χ0) is 17.5. The van der Waals surface area contributed by atoms with Crippen molar-refractivity contribution in [3.05, 3.63) is 0 Å². The molecule has 0 aliphatic rings. The molecule has 0 aromatic rings. The minimum absolute atomic E-state index is 1.37. The Kier molecular flexibility index (Phi) is 15.1. The summed E-state index contributed by atoms with van der Waals surface area (Å²) in [6.45, 7) is 9.52. The second kappa shape index (κ2) is 14.3. The van der Waals surface area contributed by atoms with E-state index in [1.54, 1.807) is 24.6 Å². The third-order valence-electron chi connectivity index (χ3n) is 5.42. The number of rotatable bonds is 17. The Balaban J connectivity index is 3.95. The Morgan fingerprint density at radius 1 is 0.435 bits per heavy atom. The molecule has 0 fully saturated rings. The van der Waals surface area contributed by atoms with Gasteiger partial charge in [-0.25, -0.2) is 0 Å². The zero-order valence-corrected chi connectivity index (χ0v) is 19.9. The van der Waals surface area contributed by atoms with Gasteiger partial charge in [0.25, 0.3) is 0 Å². The summed E-state index contributed by atoms with van der Waals surface area (Å²) in [5.41, 5.74) is 0. The van der Waals surface area contributed by atoms with Crippen LogP contribution in [0.3, 0.4) is 0 Å². The third kappa shape index (κ3) is 11.4. The SMILES string of the molecule is CCCCCCCCCCCCP(I)(CCC)(CCC)CCC. The summed E-state index contributed by atoms with van der Waals surface area (Å²) in [4.78, 5) is 0. The quantitative estimate of drug-likeness (QED) is 0.116. The summed E-state index contributed by atoms with van der Waals surface area (Å²) in [6, 6.07) is 0. The topological polar surface area (TPSA) is 0 Å². The van der Waals surface area contributed by atoms with Crippen molar-refractivity contribution in [1.29, 1.82) is 0 Å². The summed E-state index contributed by atoms with van der Waals surface area (Å²) in [5, 5.41) is 0. The van der Waals surface area contributed by atoms with Gasteiger partial charge >= 0.3 is 162 Å². The van der Waals surface area contributed by atoms with Crippen molar-refractivity contribution in [2.24, 2.45) is 0 Å². The van der Waals surface area contributed by atoms with Crippen LogP contribution in [0.2, 0.25) is 0 Å². The first-order valence-electron chi connectivity index (χ1n) is 10.8. The van der Waals surface area contributed by atoms with Crippen molar-refractivity contribution in [3.8, 4) is 0 Å². The van der Waals surface area contributed by atoms with Crippen LogP contribution < -0.4 is 0 Å². The van der Waals surface area contributed by atoms with Crippen molar-refractivity contribution < 1.29 is 0 Å². The molecule has 0 N–H and O–H groups in total. The van der Waals surface area contributed by atoms with Crippen molar-refractivity contribution in [3.63, 3.8) is 0 Å². The Morgan fingerprint density at radius 3 is 1.13 bits per heavy atom. The second-order valence-corrected chi connectivity index (χ2v) is 21.5. The Hall–Kier alpha value is 1.16. The van der Waals surface area contributed by atoms with Gasteiger partial charge in [-0.3, -0.25) is 0 Å². The molecule has 2 heteroatoms. The van der Waals surface area contributed by atoms with E-state index in [0.29, 0.717) is 0 Å². The van der Waals surface area contributed by atoms with E-state index < -0.39 is 4.25 Å². The van der Waals surface area contributed by atoms with Crippen LogP contribution in [0, 0.1) is 0 Å². The normalized spacial score (nSPS) is 13.9. The van der Waals surface area contributed by atoms with Crippen LogP contribution in [-0.4, -0.2) is 24.6 Å². The van der Waals surface area contributed by atoms with E-state index in [2.05, 4.69) is 49.7 Å². The summed E-state index contributed by atoms with van der Waals surface area (Å²) in [5.74, 6) is 0. The van der Waals surface area contributed by atoms with Gasteiger partial charge in [0, 0.05) is 0 Å². The molecule has 0 saturated heterocycles. The van der Waals surface area contributed by atoms with E-state index >= 15 is 0 Å². The van der Waals surface area contributed by atoms with Crippen LogP contribution in [0.1, 0.15) is 111 Å². The molecule has 0 aliphatic heterocycles. The fourth-order valence-electron chi connectivity index (χ4n) is 4.34. The average Bonchev–Trinajstić information content (AvgIpc) is 2.50. The summed E-state index contributed by atoms with van der Waals surface area (Å²) in [7, 11) is 0. The van der Waals surface area contributed by atoms with Gasteiger partial charge in [0.2, 0.25) is 0 Å². The van der Waals surface area contributed by atoms with Crippen molar-refractivity contribution in [2.45, 2.75) is 111 Å². The van der Waals surface area contributed by atoms with Gasteiger partial charge in [-0.2, -0.15) is 0 Å². The maximum atomic E-state index is 3.03. The van der Waals surface area contributed by atoms with Crippen molar-refractivity contribution in [1.82, 2.24) is 0 Å². The zero-order valence-electron chi connectivity index (χ0n) is 16.8. The molecule has 0 aromatic carbocycles. The second-order valence-electron chi connectivity index (χ2n) is 7.90. The molecular weight excluding hydrogens is 410 g/mol. The van der Waals surface area contributed by atoms with E-state index in [0.717, 1.165) is 0 Å². The first-order chi connectivity index (χ1) is 11.0. The molecule has 23 heavy (non-hydrogen) atoms. The average molecular weight is 456 g/mol. The van der Waals surface area contributed by atoms with E-state index in [4.69, 9.17) is 0 Å². The Labute approximate surface area is 161 Å². The van der Waals surface area contributed by atoms with Crippen molar-refractivity contribution >= 4 is 26.3 Å². The molecule has 0 heterocycles. The predicted molar refractivity (Wildman–Crippen MR) is 123 cm³/mol. The number of halogens is 1. The molecule has 0 aliphatic carbocycles. The van der Waals surface area contributed by atoms with Crippen LogP contribution >= 0.6 is 26.3 Å². The molecule has 0 aromatic heterocycles. The van der Waals surface area contributed by atoms with Crippen LogP contribution in [0.15, 0.2) is 0 Å². The molecule has 0 radical (unpaired) electrons. The van der Waals surface area contributed by atoms with E-state index in [-0.39, 0.29) is 0 Å². The fraction of sp³-hybridized carbons (Fsp3) is 1.00. The first kappa shape index (κ1) is 24.2. The van der Waals surface area contributed by atoms with Gasteiger partial charge in [0.05, 0.1) is 0 Å². The molecule has 0 rings (SSSR count). The molecule has 0 spiro atoms. The van der Waals surface area contributed by atoms with Gasteiger partial charge in [-0.05, 0) is 0 Å². The molecular formula is C21H46IP. The van der Waals surface area contributed by atoms with Gasteiger partial charge in [0.15, 0.2) is 0 Å². The standard InChI is InChI=1S/C21H46IP/c1-5-9-10-11-12-13-14-15-16-17-21-23(22,18-6-2,19-7-3)20-8-4/h5-21H2,1-4H3. The molecule has 0 saturated carbocycles. The van der Waals surface area contributed by atoms with E-state index in [1.807, 2.05) is 0 Å². The number of hydrogen-bond acceptors (Lipinski definition) is 0. The molecule has 0 bridgehead atoms. The predicted octanol–water partition coefficient (Wildman–Crippen LogP) is 9.04. The number of unbranched alkanes of at least 4 members (excludes halogenated alkanes) is 9. The summed E-state index contributed by atoms with van der Waals surface area (Å²) >= 11 is 3.03. The Bertz CT molecular complexity index is 245. The maximum absolute atomic E-state index is 3.03. The molecule has 0 unspecified atom stereocenters. The van der Waals surface area contributed by atoms with Gasteiger partial charge in [0.1, 0.15) is 0 Å². The molecule has 0 nitrogen and oxygen atoms in total. The summed E-state index contributed by atoms with van der Waals surface area (Å²) in [6.07, 6.45) is 25.1. The third-order valence-corrected chi connectivity index (χ3v) is 17.3. The van der Waals surface area contributed by atoms with E-state index in [1.165, 1.54) is 83.5 Å². The molecule has 0 amide bonds. The van der Waals surface area contributed by atoms with Crippen LogP contribution in [-0.2, 0) is 0 Å². The van der Waals surface area contributed by atoms with Gasteiger partial charge in [-0.15, -0.1) is 0 Å². The van der Waals surface area contributed by atoms with E-state index in [9.17, 15) is 0 Å². The fourth-order valence-corrected chi connectivity index (χ4v) is 15.4. The van der Waals surface area contributed by atoms with Crippen LogP contribution in [0.5, 0.6) is 0 Å². The van der Waals surface area contributed by atoms with Gasteiger partial charge in [-0.1, -0.05) is 0 Å². The monoisotopic (exact) mass is 456 g/mol. The number of hydrogen-bond donors (Lipinski definition) is 0. The van der Waals surface area contributed by atoms with Gasteiger partial charge < -0.3 is 0 Å². The van der Waals surface area contributed by atoms with Crippen LogP contribution in [0.4, 0.5) is 0 Å². The molecule has 142 valence electrons. The Morgan fingerprint density at radius 2 is 0.783 bits per heavy atom. The minimum atomic E-state index is -1.40.